The molecule has 0 amide bonds. The van der Waals surface area contributed by atoms with Gasteiger partial charge in [-0.15, -0.1) is 0 Å². The van der Waals surface area contributed by atoms with Gasteiger partial charge in [0.1, 0.15) is 0 Å². The highest BCUT2D eigenvalue weighted by molar-refractivity contribution is 5.87. The molecule has 0 spiro atoms. The Bertz CT molecular complexity index is 699. The van der Waals surface area contributed by atoms with Crippen molar-refractivity contribution in [3.8, 4) is 0 Å². The summed E-state index contributed by atoms with van der Waals surface area (Å²) in [4.78, 5) is 13.2. The van der Waals surface area contributed by atoms with Crippen LogP contribution in [0.25, 0.3) is 0 Å². The highest BCUT2D eigenvalue weighted by atomic mass is 16.5. The van der Waals surface area contributed by atoms with E-state index >= 15 is 0 Å². The van der Waals surface area contributed by atoms with Crippen LogP contribution in [0, 0.1) is 0 Å². The summed E-state index contributed by atoms with van der Waals surface area (Å²) < 4.78 is 5.94. The molecule has 0 aliphatic carbocycles. The molecule has 0 radical (unpaired) electrons. The van der Waals surface area contributed by atoms with Gasteiger partial charge in [-0.1, -0.05) is 36.4 Å². The van der Waals surface area contributed by atoms with Crippen molar-refractivity contribution in [3.05, 3.63) is 70.8 Å². The number of hydrogen-bond donors (Lipinski definition) is 1. The van der Waals surface area contributed by atoms with Crippen molar-refractivity contribution in [2.75, 3.05) is 20.2 Å². The SMILES string of the molecule is CN(Cc1cccc(C(=O)O)c1)CC1OCCc2ccccc21. The second-order valence-corrected chi connectivity index (χ2v) is 6.01. The molecule has 0 aromatic heterocycles. The van der Waals surface area contributed by atoms with E-state index in [2.05, 4.69) is 29.2 Å². The van der Waals surface area contributed by atoms with Crippen LogP contribution in [0.5, 0.6) is 0 Å². The Morgan fingerprint density at radius 3 is 2.91 bits per heavy atom. The van der Waals surface area contributed by atoms with Gasteiger partial charge in [0.05, 0.1) is 18.3 Å². The van der Waals surface area contributed by atoms with Gasteiger partial charge in [-0.3, -0.25) is 4.90 Å². The fourth-order valence-electron chi connectivity index (χ4n) is 3.09. The molecule has 4 nitrogen and oxygen atoms in total. The predicted molar refractivity (Wildman–Crippen MR) is 88.6 cm³/mol. The minimum Gasteiger partial charge on any atom is -0.478 e. The van der Waals surface area contributed by atoms with Gasteiger partial charge in [0.25, 0.3) is 0 Å². The molecule has 0 saturated carbocycles. The smallest absolute Gasteiger partial charge is 0.335 e. The van der Waals surface area contributed by atoms with Crippen molar-refractivity contribution in [2.45, 2.75) is 19.1 Å². The zero-order valence-electron chi connectivity index (χ0n) is 13.2. The molecule has 2 aromatic carbocycles. The maximum atomic E-state index is 11.1. The van der Waals surface area contributed by atoms with E-state index in [-0.39, 0.29) is 6.10 Å². The van der Waals surface area contributed by atoms with Crippen LogP contribution in [0.3, 0.4) is 0 Å². The van der Waals surface area contributed by atoms with Crippen molar-refractivity contribution in [1.29, 1.82) is 0 Å². The van der Waals surface area contributed by atoms with Gasteiger partial charge in [0, 0.05) is 13.1 Å². The standard InChI is InChI=1S/C19H21NO3/c1-20(12-14-5-4-7-16(11-14)19(21)22)13-18-17-8-3-2-6-15(17)9-10-23-18/h2-8,11,18H,9-10,12-13H2,1H3,(H,21,22). The summed E-state index contributed by atoms with van der Waals surface area (Å²) in [6.07, 6.45) is 1.05. The fraction of sp³-hybridized carbons (Fsp3) is 0.316. The molecule has 1 unspecified atom stereocenters. The van der Waals surface area contributed by atoms with Crippen LogP contribution in [-0.2, 0) is 17.7 Å². The number of nitrogens with zero attached hydrogens (tertiary/aromatic N) is 1. The molecule has 4 heteroatoms. The average Bonchev–Trinajstić information content (AvgIpc) is 2.55. The second kappa shape index (κ2) is 6.94. The number of likely N-dealkylation sites (N-methyl/N-ethyl adjacent to an activating group) is 1. The van der Waals surface area contributed by atoms with Crippen LogP contribution in [0.2, 0.25) is 0 Å². The Morgan fingerprint density at radius 1 is 1.26 bits per heavy atom. The largest absolute Gasteiger partial charge is 0.478 e. The number of carboxylic acids is 1. The Hall–Kier alpha value is -2.17. The molecular weight excluding hydrogens is 290 g/mol. The molecule has 23 heavy (non-hydrogen) atoms. The number of rotatable bonds is 5. The lowest BCUT2D eigenvalue weighted by Crippen LogP contribution is -2.29. The third-order valence-corrected chi connectivity index (χ3v) is 4.20. The zero-order valence-corrected chi connectivity index (χ0v) is 13.2. The fourth-order valence-corrected chi connectivity index (χ4v) is 3.09. The van der Waals surface area contributed by atoms with E-state index in [1.165, 1.54) is 11.1 Å². The highest BCUT2D eigenvalue weighted by Crippen LogP contribution is 2.27. The van der Waals surface area contributed by atoms with E-state index in [9.17, 15) is 4.79 Å². The van der Waals surface area contributed by atoms with E-state index < -0.39 is 5.97 Å². The number of fused-ring (bicyclic) bond motifs is 1. The number of ether oxygens (including phenoxy) is 1. The quantitative estimate of drug-likeness (QED) is 0.921. The van der Waals surface area contributed by atoms with Gasteiger partial charge in [-0.2, -0.15) is 0 Å². The van der Waals surface area contributed by atoms with Gasteiger partial charge in [0.15, 0.2) is 0 Å². The Morgan fingerprint density at radius 2 is 2.09 bits per heavy atom. The van der Waals surface area contributed by atoms with Gasteiger partial charge in [-0.25, -0.2) is 4.79 Å². The maximum Gasteiger partial charge on any atom is 0.335 e. The van der Waals surface area contributed by atoms with Crippen LogP contribution in [-0.4, -0.2) is 36.2 Å². The number of benzene rings is 2. The summed E-state index contributed by atoms with van der Waals surface area (Å²) >= 11 is 0. The molecule has 0 saturated heterocycles. The first-order valence-electron chi connectivity index (χ1n) is 7.83. The molecule has 3 rings (SSSR count). The van der Waals surface area contributed by atoms with Crippen LogP contribution in [0.4, 0.5) is 0 Å². The van der Waals surface area contributed by atoms with Crippen LogP contribution in [0.15, 0.2) is 48.5 Å². The second-order valence-electron chi connectivity index (χ2n) is 6.01. The summed E-state index contributed by atoms with van der Waals surface area (Å²) in [6.45, 7) is 2.24. The molecule has 1 aliphatic rings. The molecule has 120 valence electrons. The van der Waals surface area contributed by atoms with Crippen molar-refractivity contribution < 1.29 is 14.6 Å². The summed E-state index contributed by atoms with van der Waals surface area (Å²) in [6, 6.07) is 15.5. The number of carboxylic acid groups (broad SMARTS) is 1. The molecule has 0 bridgehead atoms. The lowest BCUT2D eigenvalue weighted by molar-refractivity contribution is 0.0197. The first kappa shape index (κ1) is 15.7. The molecule has 0 fully saturated rings. The number of carbonyl (C=O) groups is 1. The minimum atomic E-state index is -0.890. The molecule has 1 N–H and O–H groups in total. The normalized spacial score (nSPS) is 17.0. The monoisotopic (exact) mass is 311 g/mol. The Kier molecular flexibility index (Phi) is 4.74. The van der Waals surface area contributed by atoms with Crippen LogP contribution in [0.1, 0.15) is 33.2 Å². The van der Waals surface area contributed by atoms with Gasteiger partial charge < -0.3 is 9.84 Å². The Labute approximate surface area is 136 Å². The third kappa shape index (κ3) is 3.78. The van der Waals surface area contributed by atoms with E-state index in [0.29, 0.717) is 12.1 Å². The van der Waals surface area contributed by atoms with E-state index in [4.69, 9.17) is 9.84 Å². The summed E-state index contributed by atoms with van der Waals surface area (Å²) in [7, 11) is 2.04. The van der Waals surface area contributed by atoms with Gasteiger partial charge in [-0.05, 0) is 42.3 Å². The first-order chi connectivity index (χ1) is 11.1. The summed E-state index contributed by atoms with van der Waals surface area (Å²) in [5, 5.41) is 9.08. The Balaban J connectivity index is 1.67. The molecule has 1 aliphatic heterocycles. The molecule has 2 aromatic rings. The topological polar surface area (TPSA) is 49.8 Å². The van der Waals surface area contributed by atoms with Crippen molar-refractivity contribution in [1.82, 2.24) is 4.90 Å². The third-order valence-electron chi connectivity index (χ3n) is 4.20. The van der Waals surface area contributed by atoms with Gasteiger partial charge in [0.2, 0.25) is 0 Å². The molecule has 1 atom stereocenters. The van der Waals surface area contributed by atoms with Crippen molar-refractivity contribution in [2.24, 2.45) is 0 Å². The van der Waals surface area contributed by atoms with Crippen molar-refractivity contribution >= 4 is 5.97 Å². The van der Waals surface area contributed by atoms with E-state index in [0.717, 1.165) is 25.1 Å². The van der Waals surface area contributed by atoms with Gasteiger partial charge >= 0.3 is 5.97 Å². The first-order valence-corrected chi connectivity index (χ1v) is 7.83. The highest BCUT2D eigenvalue weighted by Gasteiger charge is 2.21. The lowest BCUT2D eigenvalue weighted by atomic mass is 9.97. The number of hydrogen-bond acceptors (Lipinski definition) is 3. The number of aromatic carboxylic acids is 1. The average molecular weight is 311 g/mol. The van der Waals surface area contributed by atoms with Crippen LogP contribution >= 0.6 is 0 Å². The summed E-state index contributed by atoms with van der Waals surface area (Å²) in [5.41, 5.74) is 3.96. The molecule has 1 heterocycles. The summed E-state index contributed by atoms with van der Waals surface area (Å²) in [5.74, 6) is -0.890. The zero-order chi connectivity index (χ0) is 16.2. The molecular formula is C19H21NO3. The predicted octanol–water partition coefficient (Wildman–Crippen LogP) is 3.13. The lowest BCUT2D eigenvalue weighted by Gasteiger charge is -2.29. The maximum absolute atomic E-state index is 11.1. The van der Waals surface area contributed by atoms with E-state index in [1.54, 1.807) is 18.2 Å². The van der Waals surface area contributed by atoms with Crippen molar-refractivity contribution in [3.63, 3.8) is 0 Å². The minimum absolute atomic E-state index is 0.0765. The van der Waals surface area contributed by atoms with E-state index in [1.807, 2.05) is 13.1 Å². The van der Waals surface area contributed by atoms with Crippen LogP contribution < -0.4 is 0 Å².